The Labute approximate surface area is 469 Å². The molecule has 1 unspecified atom stereocenters. The average molecular weight is 1050 g/mol. The summed E-state index contributed by atoms with van der Waals surface area (Å²) in [6.45, 7) is 6.46. The van der Waals surface area contributed by atoms with E-state index < -0.39 is 6.10 Å². The molecule has 0 aliphatic carbocycles. The molecule has 0 aromatic rings. The van der Waals surface area contributed by atoms with E-state index in [9.17, 15) is 14.4 Å². The van der Waals surface area contributed by atoms with E-state index in [2.05, 4.69) is 142 Å². The van der Waals surface area contributed by atoms with Gasteiger partial charge in [0.1, 0.15) is 13.2 Å². The molecule has 0 N–H and O–H groups in total. The molecule has 0 fully saturated rings. The van der Waals surface area contributed by atoms with Crippen LogP contribution in [0.4, 0.5) is 0 Å². The highest BCUT2D eigenvalue weighted by Gasteiger charge is 2.19. The highest BCUT2D eigenvalue weighted by atomic mass is 16.6. The summed E-state index contributed by atoms with van der Waals surface area (Å²) in [5.41, 5.74) is 0. The number of esters is 3. The first-order chi connectivity index (χ1) is 37.5. The van der Waals surface area contributed by atoms with Gasteiger partial charge in [-0.1, -0.05) is 277 Å². The van der Waals surface area contributed by atoms with Gasteiger partial charge in [-0.3, -0.25) is 14.4 Å². The van der Waals surface area contributed by atoms with Crippen LogP contribution in [0.3, 0.4) is 0 Å². The van der Waals surface area contributed by atoms with Gasteiger partial charge in [-0.25, -0.2) is 0 Å². The van der Waals surface area contributed by atoms with Gasteiger partial charge in [-0.05, 0) is 109 Å². The Bertz CT molecular complexity index is 1590. The molecule has 0 aromatic carbocycles. The van der Waals surface area contributed by atoms with Gasteiger partial charge in [0.05, 0.1) is 0 Å². The number of ether oxygens (including phenoxy) is 3. The monoisotopic (exact) mass is 1050 g/mol. The van der Waals surface area contributed by atoms with Crippen LogP contribution in [0.1, 0.15) is 284 Å². The van der Waals surface area contributed by atoms with Crippen LogP contribution in [0.25, 0.3) is 0 Å². The maximum absolute atomic E-state index is 12.9. The Morgan fingerprint density at radius 2 is 0.526 bits per heavy atom. The Morgan fingerprint density at radius 1 is 0.276 bits per heavy atom. The lowest BCUT2D eigenvalue weighted by molar-refractivity contribution is -0.167. The number of rotatable bonds is 56. The van der Waals surface area contributed by atoms with Gasteiger partial charge in [-0.2, -0.15) is 0 Å². The van der Waals surface area contributed by atoms with Crippen molar-refractivity contribution in [3.05, 3.63) is 122 Å². The van der Waals surface area contributed by atoms with Crippen LogP contribution in [0, 0.1) is 0 Å². The van der Waals surface area contributed by atoms with E-state index in [0.717, 1.165) is 116 Å². The molecular formula is C70H116O6. The molecule has 0 amide bonds. The van der Waals surface area contributed by atoms with Crippen LogP contribution in [0.2, 0.25) is 0 Å². The lowest BCUT2D eigenvalue weighted by Crippen LogP contribution is -2.30. The summed E-state index contributed by atoms with van der Waals surface area (Å²) in [6.07, 6.45) is 87.7. The van der Waals surface area contributed by atoms with E-state index >= 15 is 0 Å². The minimum atomic E-state index is -0.812. The van der Waals surface area contributed by atoms with Crippen LogP contribution in [0.15, 0.2) is 122 Å². The first-order valence-corrected chi connectivity index (χ1v) is 31.5. The van der Waals surface area contributed by atoms with E-state index in [1.807, 2.05) is 0 Å². The zero-order chi connectivity index (χ0) is 55.0. The van der Waals surface area contributed by atoms with Crippen molar-refractivity contribution in [3.63, 3.8) is 0 Å². The van der Waals surface area contributed by atoms with Crippen LogP contribution in [-0.2, 0) is 28.6 Å². The van der Waals surface area contributed by atoms with Crippen molar-refractivity contribution in [2.75, 3.05) is 13.2 Å². The number of unbranched alkanes of at least 4 members (excludes halogenated alkanes) is 25. The molecule has 0 saturated carbocycles. The quantitative estimate of drug-likeness (QED) is 0.0261. The topological polar surface area (TPSA) is 78.9 Å². The van der Waals surface area contributed by atoms with E-state index in [1.165, 1.54) is 122 Å². The highest BCUT2D eigenvalue weighted by Crippen LogP contribution is 2.16. The van der Waals surface area contributed by atoms with Crippen molar-refractivity contribution in [1.29, 1.82) is 0 Å². The van der Waals surface area contributed by atoms with E-state index in [0.29, 0.717) is 19.3 Å². The van der Waals surface area contributed by atoms with Gasteiger partial charge in [0.25, 0.3) is 0 Å². The van der Waals surface area contributed by atoms with Crippen LogP contribution < -0.4 is 0 Å². The smallest absolute Gasteiger partial charge is 0.306 e. The molecule has 6 nitrogen and oxygen atoms in total. The first kappa shape index (κ1) is 71.8. The van der Waals surface area contributed by atoms with E-state index in [1.54, 1.807) is 0 Å². The number of hydrogen-bond acceptors (Lipinski definition) is 6. The largest absolute Gasteiger partial charge is 0.462 e. The fraction of sp³-hybridized carbons (Fsp3) is 0.671. The van der Waals surface area contributed by atoms with Gasteiger partial charge in [-0.15, -0.1) is 0 Å². The zero-order valence-corrected chi connectivity index (χ0v) is 49.5. The van der Waals surface area contributed by atoms with E-state index in [4.69, 9.17) is 14.2 Å². The molecule has 0 rings (SSSR count). The second-order valence-electron chi connectivity index (χ2n) is 20.6. The molecule has 432 valence electrons. The summed E-state index contributed by atoms with van der Waals surface area (Å²) in [5, 5.41) is 0. The standard InChI is InChI=1S/C70H116O6/c1-4-7-10-13-16-19-22-25-28-31-33-34-35-36-38-39-42-45-48-51-54-57-60-63-69(72)75-66-67(65-74-68(71)62-59-56-53-50-47-44-41-30-27-24-21-18-15-12-9-6-3)76-70(73)64-61-58-55-52-49-46-43-40-37-32-29-26-23-20-17-14-11-8-5-2/h7,10,16-17,19-20,25-26,28-29,33-34,36-38,40,42,45,51,54,67H,4-6,8-9,11-15,18,21-24,27,30-32,35,39,41,43-44,46-50,52-53,55-66H2,1-3H3/b10-7-,19-16-,20-17-,28-25-,29-26-,34-33-,38-36-,40-37-,45-42-,54-51-. The van der Waals surface area contributed by atoms with Crippen LogP contribution >= 0.6 is 0 Å². The summed E-state index contributed by atoms with van der Waals surface area (Å²) in [4.78, 5) is 38.3. The molecule has 0 saturated heterocycles. The van der Waals surface area contributed by atoms with Crippen molar-refractivity contribution in [1.82, 2.24) is 0 Å². The second-order valence-corrected chi connectivity index (χ2v) is 20.6. The molecule has 0 bridgehead atoms. The van der Waals surface area contributed by atoms with Crippen molar-refractivity contribution in [2.45, 2.75) is 290 Å². The second kappa shape index (κ2) is 63.3. The molecule has 0 spiro atoms. The Morgan fingerprint density at radius 3 is 0.882 bits per heavy atom. The number of carbonyl (C=O) groups excluding carboxylic acids is 3. The lowest BCUT2D eigenvalue weighted by Gasteiger charge is -2.18. The van der Waals surface area contributed by atoms with Gasteiger partial charge in [0, 0.05) is 19.3 Å². The highest BCUT2D eigenvalue weighted by molar-refractivity contribution is 5.71. The third-order valence-corrected chi connectivity index (χ3v) is 13.2. The van der Waals surface area contributed by atoms with Crippen LogP contribution in [-0.4, -0.2) is 37.2 Å². The normalized spacial score (nSPS) is 12.9. The zero-order valence-electron chi connectivity index (χ0n) is 49.5. The maximum Gasteiger partial charge on any atom is 0.306 e. The van der Waals surface area contributed by atoms with Gasteiger partial charge in [0.15, 0.2) is 6.10 Å². The van der Waals surface area contributed by atoms with Crippen LogP contribution in [0.5, 0.6) is 0 Å². The Kier molecular flexibility index (Phi) is 59.9. The third kappa shape index (κ3) is 60.7. The molecule has 0 heterocycles. The van der Waals surface area contributed by atoms with Gasteiger partial charge >= 0.3 is 17.9 Å². The minimum absolute atomic E-state index is 0.102. The first-order valence-electron chi connectivity index (χ1n) is 31.5. The Hall–Kier alpha value is -4.19. The summed E-state index contributed by atoms with van der Waals surface area (Å²) in [5.74, 6) is -0.971. The van der Waals surface area contributed by atoms with Crippen molar-refractivity contribution < 1.29 is 28.6 Å². The molecule has 0 aliphatic heterocycles. The maximum atomic E-state index is 12.9. The molecule has 0 aliphatic rings. The lowest BCUT2D eigenvalue weighted by atomic mass is 10.0. The molecular weight excluding hydrogens is 937 g/mol. The molecule has 0 radical (unpaired) electrons. The van der Waals surface area contributed by atoms with Crippen molar-refractivity contribution in [3.8, 4) is 0 Å². The number of allylic oxidation sites excluding steroid dienone is 20. The van der Waals surface area contributed by atoms with Crippen molar-refractivity contribution in [2.24, 2.45) is 0 Å². The summed E-state index contributed by atoms with van der Waals surface area (Å²) in [7, 11) is 0. The number of hydrogen-bond donors (Lipinski definition) is 0. The summed E-state index contributed by atoms with van der Waals surface area (Å²) >= 11 is 0. The fourth-order valence-electron chi connectivity index (χ4n) is 8.50. The number of carbonyl (C=O) groups is 3. The molecule has 1 atom stereocenters. The van der Waals surface area contributed by atoms with Crippen molar-refractivity contribution >= 4 is 17.9 Å². The van der Waals surface area contributed by atoms with Gasteiger partial charge in [0.2, 0.25) is 0 Å². The average Bonchev–Trinajstić information content (AvgIpc) is 3.42. The summed E-state index contributed by atoms with van der Waals surface area (Å²) < 4.78 is 16.9. The van der Waals surface area contributed by atoms with E-state index in [-0.39, 0.29) is 37.5 Å². The molecule has 6 heteroatoms. The third-order valence-electron chi connectivity index (χ3n) is 13.2. The predicted molar refractivity (Wildman–Crippen MR) is 330 cm³/mol. The SMILES string of the molecule is CC/C=C\C/C=C\C/C=C\C/C=C\C/C=C\C/C=C\C/C=C\CCCC(=O)OCC(COC(=O)CCCCCCCCCCCCCCCCCC)OC(=O)CCCCCCCC/C=C\C/C=C\C/C=C\CCCCC. The predicted octanol–water partition coefficient (Wildman–Crippen LogP) is 21.6. The molecule has 0 aromatic heterocycles. The Balaban J connectivity index is 4.51. The van der Waals surface area contributed by atoms with Gasteiger partial charge < -0.3 is 14.2 Å². The fourth-order valence-corrected chi connectivity index (χ4v) is 8.50. The minimum Gasteiger partial charge on any atom is -0.462 e. The summed E-state index contributed by atoms with van der Waals surface area (Å²) in [6, 6.07) is 0. The molecule has 76 heavy (non-hydrogen) atoms.